The van der Waals surface area contributed by atoms with Gasteiger partial charge in [0, 0.05) is 22.4 Å². The monoisotopic (exact) mass is 188 g/mol. The van der Waals surface area contributed by atoms with Gasteiger partial charge in [0.15, 0.2) is 0 Å². The molecular formula is C8H13Br. The molecule has 52 valence electrons. The van der Waals surface area contributed by atoms with E-state index in [1.54, 1.807) is 0 Å². The molecule has 0 aliphatic rings. The van der Waals surface area contributed by atoms with Crippen molar-refractivity contribution in [2.24, 2.45) is 0 Å². The van der Waals surface area contributed by atoms with E-state index in [1.807, 2.05) is 0 Å². The van der Waals surface area contributed by atoms with Crippen LogP contribution in [0.2, 0.25) is 0 Å². The van der Waals surface area contributed by atoms with Gasteiger partial charge in [0.05, 0.1) is 0 Å². The van der Waals surface area contributed by atoms with Crippen LogP contribution in [0.3, 0.4) is 0 Å². The smallest absolute Gasteiger partial charge is 0.0106 e. The Bertz CT molecular complexity index is 96.9. The molecule has 0 aliphatic heterocycles. The van der Waals surface area contributed by atoms with Crippen molar-refractivity contribution in [3.05, 3.63) is 0 Å². The minimum absolute atomic E-state index is 1.05. The molecule has 0 aliphatic carbocycles. The standard InChI is InChI=1S/C8H13Br/c1-2-3-4-5-6-7-8-9/h2-6H2,1H3. The van der Waals surface area contributed by atoms with Crippen molar-refractivity contribution in [2.75, 3.05) is 0 Å². The molecule has 0 spiro atoms. The van der Waals surface area contributed by atoms with Crippen LogP contribution >= 0.6 is 15.9 Å². The lowest BCUT2D eigenvalue weighted by atomic mass is 10.2. The van der Waals surface area contributed by atoms with Crippen molar-refractivity contribution in [3.8, 4) is 10.8 Å². The van der Waals surface area contributed by atoms with Crippen molar-refractivity contribution in [1.29, 1.82) is 0 Å². The van der Waals surface area contributed by atoms with Gasteiger partial charge in [0.25, 0.3) is 0 Å². The van der Waals surface area contributed by atoms with E-state index in [-0.39, 0.29) is 0 Å². The van der Waals surface area contributed by atoms with Gasteiger partial charge in [0.2, 0.25) is 0 Å². The summed E-state index contributed by atoms with van der Waals surface area (Å²) < 4.78 is 0. The van der Waals surface area contributed by atoms with E-state index in [4.69, 9.17) is 0 Å². The van der Waals surface area contributed by atoms with Crippen LogP contribution in [0.15, 0.2) is 0 Å². The van der Waals surface area contributed by atoms with Gasteiger partial charge in [-0.05, 0) is 11.3 Å². The zero-order chi connectivity index (χ0) is 6.95. The zero-order valence-electron chi connectivity index (χ0n) is 5.91. The third-order valence-electron chi connectivity index (χ3n) is 1.22. The SMILES string of the molecule is CCCCCCC#CBr. The second kappa shape index (κ2) is 8.04. The molecule has 0 amide bonds. The third-order valence-corrected chi connectivity index (χ3v) is 1.50. The molecule has 0 aromatic heterocycles. The Morgan fingerprint density at radius 1 is 1.22 bits per heavy atom. The Morgan fingerprint density at radius 3 is 2.56 bits per heavy atom. The van der Waals surface area contributed by atoms with Crippen LogP contribution in [0.4, 0.5) is 0 Å². The zero-order valence-corrected chi connectivity index (χ0v) is 7.50. The van der Waals surface area contributed by atoms with E-state index in [1.165, 1.54) is 25.7 Å². The van der Waals surface area contributed by atoms with Crippen LogP contribution in [0.25, 0.3) is 0 Å². The Balaban J connectivity index is 2.80. The van der Waals surface area contributed by atoms with Crippen molar-refractivity contribution < 1.29 is 0 Å². The maximum atomic E-state index is 3.06. The predicted octanol–water partition coefficient (Wildman–Crippen LogP) is 3.31. The first kappa shape index (κ1) is 9.04. The van der Waals surface area contributed by atoms with Crippen LogP contribution in [-0.2, 0) is 0 Å². The van der Waals surface area contributed by atoms with Crippen LogP contribution in [-0.4, -0.2) is 0 Å². The third kappa shape index (κ3) is 8.04. The Labute approximate surface area is 66.2 Å². The lowest BCUT2D eigenvalue weighted by molar-refractivity contribution is 0.680. The minimum atomic E-state index is 1.05. The van der Waals surface area contributed by atoms with E-state index in [0.29, 0.717) is 0 Å². The summed E-state index contributed by atoms with van der Waals surface area (Å²) in [5.41, 5.74) is 0. The molecule has 0 saturated heterocycles. The first-order valence-corrected chi connectivity index (χ1v) is 4.29. The highest BCUT2D eigenvalue weighted by molar-refractivity contribution is 9.12. The molecule has 9 heavy (non-hydrogen) atoms. The highest BCUT2D eigenvalue weighted by Crippen LogP contribution is 2.00. The summed E-state index contributed by atoms with van der Waals surface area (Å²) in [6.45, 7) is 2.22. The minimum Gasteiger partial charge on any atom is -0.0908 e. The number of hydrogen-bond donors (Lipinski definition) is 0. The van der Waals surface area contributed by atoms with Gasteiger partial charge in [-0.3, -0.25) is 0 Å². The molecule has 0 aromatic rings. The summed E-state index contributed by atoms with van der Waals surface area (Å²) in [6, 6.07) is 0. The molecule has 0 radical (unpaired) electrons. The van der Waals surface area contributed by atoms with E-state index in [2.05, 4.69) is 33.6 Å². The van der Waals surface area contributed by atoms with E-state index < -0.39 is 0 Å². The number of unbranched alkanes of at least 4 members (excludes halogenated alkanes) is 4. The average Bonchev–Trinajstić information content (AvgIpc) is 1.89. The topological polar surface area (TPSA) is 0 Å². The van der Waals surface area contributed by atoms with Crippen LogP contribution in [0.5, 0.6) is 0 Å². The second-order valence-corrected chi connectivity index (χ2v) is 2.48. The van der Waals surface area contributed by atoms with E-state index >= 15 is 0 Å². The molecule has 0 rings (SSSR count). The Morgan fingerprint density at radius 2 is 2.00 bits per heavy atom. The highest BCUT2D eigenvalue weighted by atomic mass is 79.9. The summed E-state index contributed by atoms with van der Waals surface area (Å²) in [5.74, 6) is 2.97. The summed E-state index contributed by atoms with van der Waals surface area (Å²) in [7, 11) is 0. The maximum Gasteiger partial charge on any atom is 0.0106 e. The number of halogens is 1. The van der Waals surface area contributed by atoms with E-state index in [0.717, 1.165) is 6.42 Å². The molecular weight excluding hydrogens is 176 g/mol. The Hall–Kier alpha value is 0.0400. The molecule has 0 fully saturated rings. The second-order valence-electron chi connectivity index (χ2n) is 2.08. The van der Waals surface area contributed by atoms with Crippen LogP contribution in [0, 0.1) is 10.8 Å². The fourth-order valence-electron chi connectivity index (χ4n) is 0.687. The van der Waals surface area contributed by atoms with Gasteiger partial charge in [-0.1, -0.05) is 32.1 Å². The predicted molar refractivity (Wildman–Crippen MR) is 45.5 cm³/mol. The molecule has 1 heteroatoms. The van der Waals surface area contributed by atoms with Crippen LogP contribution < -0.4 is 0 Å². The van der Waals surface area contributed by atoms with Crippen LogP contribution in [0.1, 0.15) is 39.0 Å². The molecule has 0 bridgehead atoms. The first-order valence-electron chi connectivity index (χ1n) is 3.50. The van der Waals surface area contributed by atoms with Gasteiger partial charge in [-0.15, -0.1) is 0 Å². The molecule has 0 aromatic carbocycles. The quantitative estimate of drug-likeness (QED) is 0.470. The fraction of sp³-hybridized carbons (Fsp3) is 0.750. The normalized spacial score (nSPS) is 8.22. The molecule has 0 nitrogen and oxygen atoms in total. The van der Waals surface area contributed by atoms with Gasteiger partial charge in [-0.25, -0.2) is 0 Å². The number of hydrogen-bond acceptors (Lipinski definition) is 0. The molecule has 0 heterocycles. The van der Waals surface area contributed by atoms with Gasteiger partial charge < -0.3 is 0 Å². The van der Waals surface area contributed by atoms with Crippen molar-refractivity contribution in [3.63, 3.8) is 0 Å². The van der Waals surface area contributed by atoms with Crippen molar-refractivity contribution in [2.45, 2.75) is 39.0 Å². The fourth-order valence-corrected chi connectivity index (χ4v) is 0.886. The summed E-state index contributed by atoms with van der Waals surface area (Å²) >= 11 is 3.06. The largest absolute Gasteiger partial charge is 0.0908 e. The lowest BCUT2D eigenvalue weighted by Gasteiger charge is -1.90. The van der Waals surface area contributed by atoms with Crippen molar-refractivity contribution in [1.82, 2.24) is 0 Å². The summed E-state index contributed by atoms with van der Waals surface area (Å²) in [6.07, 6.45) is 6.29. The molecule has 0 unspecified atom stereocenters. The molecule has 0 saturated carbocycles. The Kier molecular flexibility index (Phi) is 8.08. The molecule has 0 N–H and O–H groups in total. The lowest BCUT2D eigenvalue weighted by Crippen LogP contribution is -1.72. The number of rotatable bonds is 4. The van der Waals surface area contributed by atoms with Gasteiger partial charge >= 0.3 is 0 Å². The van der Waals surface area contributed by atoms with Gasteiger partial charge in [0.1, 0.15) is 0 Å². The van der Waals surface area contributed by atoms with E-state index in [9.17, 15) is 0 Å². The maximum absolute atomic E-state index is 3.06. The highest BCUT2D eigenvalue weighted by Gasteiger charge is 1.82. The van der Waals surface area contributed by atoms with Crippen molar-refractivity contribution >= 4 is 15.9 Å². The average molecular weight is 189 g/mol. The summed E-state index contributed by atoms with van der Waals surface area (Å²) in [4.78, 5) is 2.71. The summed E-state index contributed by atoms with van der Waals surface area (Å²) in [5, 5.41) is 0. The molecule has 0 atom stereocenters. The van der Waals surface area contributed by atoms with Gasteiger partial charge in [-0.2, -0.15) is 0 Å². The first-order chi connectivity index (χ1) is 4.41.